The molecule has 1 aromatic heterocycles. The van der Waals surface area contributed by atoms with Crippen LogP contribution in [-0.4, -0.2) is 4.57 Å². The Hall–Kier alpha value is -1.12. The van der Waals surface area contributed by atoms with Gasteiger partial charge in [-0.15, -0.1) is 0 Å². The van der Waals surface area contributed by atoms with Crippen LogP contribution in [0.15, 0.2) is 23.3 Å². The average molecular weight is 127 g/mol. The van der Waals surface area contributed by atoms with E-state index < -0.39 is 11.2 Å². The highest BCUT2D eigenvalue weighted by molar-refractivity contribution is 4.95. The molecule has 0 spiro atoms. The lowest BCUT2D eigenvalue weighted by Gasteiger charge is -1.92. The summed E-state index contributed by atoms with van der Waals surface area (Å²) in [6.07, 6.45) is 2.65. The molecule has 0 atom stereocenters. The van der Waals surface area contributed by atoms with Gasteiger partial charge in [0.05, 0.1) is 0 Å². The van der Waals surface area contributed by atoms with Crippen LogP contribution >= 0.6 is 0 Å². The molecule has 9 heavy (non-hydrogen) atoms. The molecular weight excluding hydrogens is 121 g/mol. The van der Waals surface area contributed by atoms with Gasteiger partial charge >= 0.3 is 0 Å². The van der Waals surface area contributed by atoms with E-state index in [1.807, 2.05) is 0 Å². The van der Waals surface area contributed by atoms with E-state index in [0.717, 1.165) is 6.20 Å². The Morgan fingerprint density at radius 3 is 2.78 bits per heavy atom. The van der Waals surface area contributed by atoms with Gasteiger partial charge in [-0.05, 0) is 0 Å². The smallest absolute Gasteiger partial charge is 0.217 e. The number of rotatable bonds is 0. The molecule has 0 radical (unpaired) electrons. The van der Waals surface area contributed by atoms with Crippen LogP contribution in [-0.2, 0) is 7.05 Å². The summed E-state index contributed by atoms with van der Waals surface area (Å²) in [6, 6.07) is 1.19. The van der Waals surface area contributed by atoms with Gasteiger partial charge in [0.1, 0.15) is 0 Å². The maximum Gasteiger partial charge on any atom is 0.217 e. The number of nitrogens with zero attached hydrogens (tertiary/aromatic N) is 1. The van der Waals surface area contributed by atoms with Crippen molar-refractivity contribution in [1.82, 2.24) is 4.57 Å². The van der Waals surface area contributed by atoms with E-state index >= 15 is 0 Å². The Bertz CT molecular complexity index is 266. The molecule has 2 nitrogen and oxygen atoms in total. The first-order valence-electron chi connectivity index (χ1n) is 2.52. The van der Waals surface area contributed by atoms with E-state index in [0.29, 0.717) is 0 Å². The zero-order valence-electron chi connectivity index (χ0n) is 4.97. The zero-order valence-corrected chi connectivity index (χ0v) is 4.97. The van der Waals surface area contributed by atoms with Crippen LogP contribution in [0.3, 0.4) is 0 Å². The second-order valence-electron chi connectivity index (χ2n) is 1.82. The summed E-state index contributed by atoms with van der Waals surface area (Å²) in [7, 11) is 1.66. The van der Waals surface area contributed by atoms with Gasteiger partial charge in [-0.3, -0.25) is 4.79 Å². The van der Waals surface area contributed by atoms with Crippen LogP contribution in [0, 0.1) is 5.82 Å². The molecule has 3 heteroatoms. The van der Waals surface area contributed by atoms with E-state index in [-0.39, 0.29) is 0 Å². The van der Waals surface area contributed by atoms with E-state index in [9.17, 15) is 9.18 Å². The fourth-order valence-electron chi connectivity index (χ4n) is 0.550. The molecule has 0 N–H and O–H groups in total. The third kappa shape index (κ3) is 1.16. The Morgan fingerprint density at radius 2 is 2.33 bits per heavy atom. The van der Waals surface area contributed by atoms with Gasteiger partial charge in [0.25, 0.3) is 0 Å². The molecule has 1 heterocycles. The van der Waals surface area contributed by atoms with Gasteiger partial charge in [-0.25, -0.2) is 4.39 Å². The summed E-state index contributed by atoms with van der Waals surface area (Å²) in [6.45, 7) is 0. The van der Waals surface area contributed by atoms with Crippen LogP contribution in [0.25, 0.3) is 0 Å². The Labute approximate surface area is 51.6 Å². The quantitative estimate of drug-likeness (QED) is 0.498. The van der Waals surface area contributed by atoms with Crippen LogP contribution in [0.5, 0.6) is 0 Å². The average Bonchev–Trinajstić information content (AvgIpc) is 1.80. The van der Waals surface area contributed by atoms with Crippen LogP contribution in [0.1, 0.15) is 0 Å². The second-order valence-corrected chi connectivity index (χ2v) is 1.82. The van der Waals surface area contributed by atoms with Crippen molar-refractivity contribution in [2.75, 3.05) is 0 Å². The molecule has 0 amide bonds. The number of hydrogen-bond donors (Lipinski definition) is 0. The largest absolute Gasteiger partial charge is 0.354 e. The molecule has 48 valence electrons. The van der Waals surface area contributed by atoms with Crippen molar-refractivity contribution in [3.8, 4) is 0 Å². The van der Waals surface area contributed by atoms with Gasteiger partial charge in [-0.1, -0.05) is 0 Å². The number of aryl methyl sites for hydroxylation is 1. The van der Waals surface area contributed by atoms with Gasteiger partial charge in [0.2, 0.25) is 5.43 Å². The van der Waals surface area contributed by atoms with E-state index in [4.69, 9.17) is 0 Å². The molecule has 0 bridgehead atoms. The van der Waals surface area contributed by atoms with Crippen molar-refractivity contribution in [2.24, 2.45) is 7.05 Å². The molecule has 0 fully saturated rings. The molecule has 0 aromatic carbocycles. The lowest BCUT2D eigenvalue weighted by atomic mass is 10.4. The van der Waals surface area contributed by atoms with E-state index in [2.05, 4.69) is 0 Å². The van der Waals surface area contributed by atoms with Crippen molar-refractivity contribution < 1.29 is 4.39 Å². The molecule has 0 aliphatic heterocycles. The van der Waals surface area contributed by atoms with Crippen LogP contribution in [0.2, 0.25) is 0 Å². The highest BCUT2D eigenvalue weighted by Crippen LogP contribution is 1.84. The third-order valence-electron chi connectivity index (χ3n) is 1.01. The summed E-state index contributed by atoms with van der Waals surface area (Å²) in [5.41, 5.74) is -0.562. The molecule has 0 aliphatic carbocycles. The fraction of sp³-hybridized carbons (Fsp3) is 0.167. The highest BCUT2D eigenvalue weighted by Gasteiger charge is 1.92. The summed E-state index contributed by atoms with van der Waals surface area (Å²) in [5, 5.41) is 0. The van der Waals surface area contributed by atoms with Gasteiger partial charge in [0.15, 0.2) is 5.82 Å². The summed E-state index contributed by atoms with van der Waals surface area (Å²) < 4.78 is 13.7. The normalized spacial score (nSPS) is 9.56. The Balaban J connectivity index is 3.34. The minimum absolute atomic E-state index is 0.562. The molecule has 0 saturated carbocycles. The monoisotopic (exact) mass is 127 g/mol. The summed E-state index contributed by atoms with van der Waals surface area (Å²) in [4.78, 5) is 10.4. The number of aromatic nitrogens is 1. The maximum absolute atomic E-state index is 12.2. The van der Waals surface area contributed by atoms with E-state index in [1.54, 1.807) is 7.05 Å². The number of pyridine rings is 1. The number of hydrogen-bond acceptors (Lipinski definition) is 1. The van der Waals surface area contributed by atoms with Crippen molar-refractivity contribution >= 4 is 0 Å². The molecule has 0 aliphatic rings. The van der Waals surface area contributed by atoms with Gasteiger partial charge in [0, 0.05) is 25.5 Å². The van der Waals surface area contributed by atoms with E-state index in [1.165, 1.54) is 16.8 Å². The molecule has 1 aromatic rings. The topological polar surface area (TPSA) is 22.0 Å². The lowest BCUT2D eigenvalue weighted by molar-refractivity contribution is 0.598. The molecule has 0 saturated heterocycles. The molecule has 0 unspecified atom stereocenters. The van der Waals surface area contributed by atoms with Crippen molar-refractivity contribution in [2.45, 2.75) is 0 Å². The SMILES string of the molecule is Cn1ccc(=O)c(F)c1. The predicted molar refractivity (Wildman–Crippen MR) is 31.6 cm³/mol. The van der Waals surface area contributed by atoms with Gasteiger partial charge in [-0.2, -0.15) is 0 Å². The number of halogens is 1. The first-order chi connectivity index (χ1) is 4.20. The highest BCUT2D eigenvalue weighted by atomic mass is 19.1. The maximum atomic E-state index is 12.2. The minimum atomic E-state index is -0.708. The molecular formula is C6H6FNO. The fourth-order valence-corrected chi connectivity index (χ4v) is 0.550. The second kappa shape index (κ2) is 2.01. The Morgan fingerprint density at radius 1 is 1.67 bits per heavy atom. The van der Waals surface area contributed by atoms with Crippen LogP contribution in [0.4, 0.5) is 4.39 Å². The standard InChI is InChI=1S/C6H6FNO/c1-8-3-2-6(9)5(7)4-8/h2-4H,1H3. The third-order valence-corrected chi connectivity index (χ3v) is 1.01. The van der Waals surface area contributed by atoms with Crippen LogP contribution < -0.4 is 5.43 Å². The molecule has 1 rings (SSSR count). The van der Waals surface area contributed by atoms with Crippen molar-refractivity contribution in [3.63, 3.8) is 0 Å². The summed E-state index contributed by atoms with van der Waals surface area (Å²) in [5.74, 6) is -0.708. The lowest BCUT2D eigenvalue weighted by Crippen LogP contribution is -2.06. The summed E-state index contributed by atoms with van der Waals surface area (Å²) >= 11 is 0. The predicted octanol–water partition coefficient (Wildman–Crippen LogP) is 0.524. The zero-order chi connectivity index (χ0) is 6.85. The van der Waals surface area contributed by atoms with Crippen molar-refractivity contribution in [3.05, 3.63) is 34.5 Å². The van der Waals surface area contributed by atoms with Gasteiger partial charge < -0.3 is 4.57 Å². The van der Waals surface area contributed by atoms with Crippen molar-refractivity contribution in [1.29, 1.82) is 0 Å². The Kier molecular flexibility index (Phi) is 1.34. The minimum Gasteiger partial charge on any atom is -0.354 e. The first kappa shape index (κ1) is 6.01. The first-order valence-corrected chi connectivity index (χ1v) is 2.52.